The van der Waals surface area contributed by atoms with Crippen LogP contribution in [-0.4, -0.2) is 31.5 Å². The van der Waals surface area contributed by atoms with Crippen molar-refractivity contribution in [2.75, 3.05) is 11.4 Å². The highest BCUT2D eigenvalue weighted by molar-refractivity contribution is 5.91. The average Bonchev–Trinajstić information content (AvgIpc) is 3.32. The quantitative estimate of drug-likeness (QED) is 0.792. The second-order valence-electron chi connectivity index (χ2n) is 7.12. The first kappa shape index (κ1) is 14.6. The highest BCUT2D eigenvalue weighted by Gasteiger charge is 2.46. The van der Waals surface area contributed by atoms with E-state index in [-0.39, 0.29) is 11.7 Å². The molecule has 1 saturated carbocycles. The summed E-state index contributed by atoms with van der Waals surface area (Å²) in [6.07, 6.45) is 5.52. The number of aromatic nitrogens is 5. The lowest BCUT2D eigenvalue weighted by Crippen LogP contribution is -2.30. The van der Waals surface area contributed by atoms with Gasteiger partial charge in [-0.2, -0.15) is 15.3 Å². The van der Waals surface area contributed by atoms with Crippen molar-refractivity contribution >= 4 is 16.6 Å². The summed E-state index contributed by atoms with van der Waals surface area (Å²) < 4.78 is 1.65. The second-order valence-corrected chi connectivity index (χ2v) is 7.12. The van der Waals surface area contributed by atoms with Gasteiger partial charge in [0, 0.05) is 19.0 Å². The van der Waals surface area contributed by atoms with Gasteiger partial charge in [0.1, 0.15) is 0 Å². The van der Waals surface area contributed by atoms with Crippen molar-refractivity contribution in [2.45, 2.75) is 25.3 Å². The van der Waals surface area contributed by atoms with E-state index in [9.17, 15) is 4.79 Å². The Morgan fingerprint density at radius 3 is 2.80 bits per heavy atom. The molecular weight excluding hydrogens is 316 g/mol. The molecule has 0 spiro atoms. The van der Waals surface area contributed by atoms with Gasteiger partial charge in [0.25, 0.3) is 0 Å². The fourth-order valence-corrected chi connectivity index (χ4v) is 4.28. The van der Waals surface area contributed by atoms with Crippen molar-refractivity contribution in [1.82, 2.24) is 25.0 Å². The lowest BCUT2D eigenvalue weighted by atomic mass is 9.94. The Morgan fingerprint density at radius 2 is 2.04 bits per heavy atom. The largest absolute Gasteiger partial charge is 0.359 e. The SMILES string of the molecule is Cn1c(C2C(C3CC3)CCN2c2cnnc3ccccc23)n[nH]c1=O. The van der Waals surface area contributed by atoms with Gasteiger partial charge in [0.2, 0.25) is 0 Å². The Balaban J connectivity index is 1.66. The molecule has 0 amide bonds. The van der Waals surface area contributed by atoms with Crippen molar-refractivity contribution in [2.24, 2.45) is 18.9 Å². The molecule has 7 heteroatoms. The van der Waals surface area contributed by atoms with Crippen LogP contribution in [0, 0.1) is 11.8 Å². The summed E-state index contributed by atoms with van der Waals surface area (Å²) in [5.41, 5.74) is 1.81. The van der Waals surface area contributed by atoms with Gasteiger partial charge in [-0.15, -0.1) is 0 Å². The van der Waals surface area contributed by atoms with E-state index < -0.39 is 0 Å². The van der Waals surface area contributed by atoms with Crippen molar-refractivity contribution in [3.05, 3.63) is 46.8 Å². The van der Waals surface area contributed by atoms with E-state index in [2.05, 4.69) is 31.4 Å². The Morgan fingerprint density at radius 1 is 1.20 bits per heavy atom. The molecule has 3 heterocycles. The first-order chi connectivity index (χ1) is 12.2. The standard InChI is InChI=1S/C18H20N6O/c1-23-17(21-22-18(23)25)16-12(11-6-7-11)8-9-24(16)15-10-19-20-14-5-3-2-4-13(14)15/h2-5,10-12,16H,6-9H2,1H3,(H,22,25). The van der Waals surface area contributed by atoms with Crippen LogP contribution in [-0.2, 0) is 7.05 Å². The molecule has 3 aromatic rings. The summed E-state index contributed by atoms with van der Waals surface area (Å²) in [5, 5.41) is 16.5. The van der Waals surface area contributed by atoms with Crippen LogP contribution in [0.1, 0.15) is 31.1 Å². The van der Waals surface area contributed by atoms with Gasteiger partial charge in [0.05, 0.1) is 23.4 Å². The maximum Gasteiger partial charge on any atom is 0.343 e. The van der Waals surface area contributed by atoms with Gasteiger partial charge < -0.3 is 4.90 Å². The predicted molar refractivity (Wildman–Crippen MR) is 94.3 cm³/mol. The predicted octanol–water partition coefficient (Wildman–Crippen LogP) is 2.03. The van der Waals surface area contributed by atoms with Crippen LogP contribution in [0.3, 0.4) is 0 Å². The summed E-state index contributed by atoms with van der Waals surface area (Å²) in [7, 11) is 1.80. The van der Waals surface area contributed by atoms with E-state index in [0.29, 0.717) is 5.92 Å². The minimum Gasteiger partial charge on any atom is -0.359 e. The smallest absolute Gasteiger partial charge is 0.343 e. The maximum atomic E-state index is 11.9. The number of hydrogen-bond donors (Lipinski definition) is 1. The molecule has 1 saturated heterocycles. The van der Waals surface area contributed by atoms with Crippen molar-refractivity contribution < 1.29 is 0 Å². The summed E-state index contributed by atoms with van der Waals surface area (Å²) in [6, 6.07) is 8.18. The van der Waals surface area contributed by atoms with Crippen LogP contribution in [0.15, 0.2) is 35.3 Å². The summed E-state index contributed by atoms with van der Waals surface area (Å²) in [5.74, 6) is 2.09. The summed E-state index contributed by atoms with van der Waals surface area (Å²) >= 11 is 0. The number of rotatable bonds is 3. The topological polar surface area (TPSA) is 79.7 Å². The fourth-order valence-electron chi connectivity index (χ4n) is 4.28. The molecule has 1 aliphatic heterocycles. The third kappa shape index (κ3) is 2.26. The molecule has 0 radical (unpaired) electrons. The number of nitrogens with zero attached hydrogens (tertiary/aromatic N) is 5. The molecule has 25 heavy (non-hydrogen) atoms. The number of hydrogen-bond acceptors (Lipinski definition) is 5. The van der Waals surface area contributed by atoms with Crippen molar-refractivity contribution in [3.8, 4) is 0 Å². The third-order valence-corrected chi connectivity index (χ3v) is 5.69. The van der Waals surface area contributed by atoms with Gasteiger partial charge in [-0.05, 0) is 37.2 Å². The molecule has 2 atom stereocenters. The van der Waals surface area contributed by atoms with Crippen LogP contribution >= 0.6 is 0 Å². The van der Waals surface area contributed by atoms with Crippen molar-refractivity contribution in [3.63, 3.8) is 0 Å². The summed E-state index contributed by atoms with van der Waals surface area (Å²) in [6.45, 7) is 0.947. The monoisotopic (exact) mass is 336 g/mol. The summed E-state index contributed by atoms with van der Waals surface area (Å²) in [4.78, 5) is 14.3. The fraction of sp³-hybridized carbons (Fsp3) is 0.444. The van der Waals surface area contributed by atoms with Gasteiger partial charge in [-0.25, -0.2) is 9.89 Å². The van der Waals surface area contributed by atoms with Gasteiger partial charge in [-0.3, -0.25) is 4.57 Å². The minimum atomic E-state index is -0.158. The Hall–Kier alpha value is -2.70. The van der Waals surface area contributed by atoms with E-state index in [1.54, 1.807) is 11.6 Å². The van der Waals surface area contributed by atoms with E-state index in [1.807, 2.05) is 24.4 Å². The molecule has 128 valence electrons. The number of anilines is 1. The lowest BCUT2D eigenvalue weighted by Gasteiger charge is -2.29. The van der Waals surface area contributed by atoms with Crippen LogP contribution in [0.2, 0.25) is 0 Å². The van der Waals surface area contributed by atoms with Crippen LogP contribution in [0.5, 0.6) is 0 Å². The molecule has 2 fully saturated rings. The third-order valence-electron chi connectivity index (χ3n) is 5.69. The highest BCUT2D eigenvalue weighted by atomic mass is 16.1. The van der Waals surface area contributed by atoms with E-state index >= 15 is 0 Å². The Bertz CT molecular complexity index is 983. The highest BCUT2D eigenvalue weighted by Crippen LogP contribution is 2.51. The van der Waals surface area contributed by atoms with E-state index in [1.165, 1.54) is 12.8 Å². The first-order valence-electron chi connectivity index (χ1n) is 8.82. The Labute approximate surface area is 144 Å². The number of benzene rings is 1. The number of fused-ring (bicyclic) bond motifs is 1. The van der Waals surface area contributed by atoms with Gasteiger partial charge in [-0.1, -0.05) is 18.2 Å². The zero-order valence-electron chi connectivity index (χ0n) is 14.1. The molecule has 7 nitrogen and oxygen atoms in total. The Kier molecular flexibility index (Phi) is 3.16. The molecule has 2 aliphatic rings. The molecule has 2 unspecified atom stereocenters. The molecule has 1 aromatic carbocycles. The van der Waals surface area contributed by atoms with Gasteiger partial charge in [0.15, 0.2) is 5.82 Å². The minimum absolute atomic E-state index is 0.101. The molecule has 2 aromatic heterocycles. The zero-order chi connectivity index (χ0) is 17.0. The van der Waals surface area contributed by atoms with E-state index in [0.717, 1.165) is 41.3 Å². The molecule has 1 N–H and O–H groups in total. The lowest BCUT2D eigenvalue weighted by molar-refractivity contribution is 0.406. The van der Waals surface area contributed by atoms with Crippen LogP contribution < -0.4 is 10.6 Å². The second kappa shape index (κ2) is 5.40. The van der Waals surface area contributed by atoms with E-state index in [4.69, 9.17) is 0 Å². The number of H-pyrrole nitrogens is 1. The normalized spacial score (nSPS) is 23.5. The molecular formula is C18H20N6O. The zero-order valence-corrected chi connectivity index (χ0v) is 14.1. The van der Waals surface area contributed by atoms with Crippen molar-refractivity contribution in [1.29, 1.82) is 0 Å². The van der Waals surface area contributed by atoms with Crippen LogP contribution in [0.25, 0.3) is 10.9 Å². The molecule has 1 aliphatic carbocycles. The van der Waals surface area contributed by atoms with Crippen LogP contribution in [0.4, 0.5) is 5.69 Å². The molecule has 5 rings (SSSR count). The molecule has 0 bridgehead atoms. The maximum absolute atomic E-state index is 11.9. The number of nitrogens with one attached hydrogen (secondary N) is 1. The van der Waals surface area contributed by atoms with Gasteiger partial charge >= 0.3 is 5.69 Å². The first-order valence-corrected chi connectivity index (χ1v) is 8.82. The number of aromatic amines is 1. The average molecular weight is 336 g/mol.